The van der Waals surface area contributed by atoms with Crippen molar-refractivity contribution in [2.45, 2.75) is 6.54 Å². The predicted molar refractivity (Wildman–Crippen MR) is 91.7 cm³/mol. The first-order valence-electron chi connectivity index (χ1n) is 6.82. The maximum Gasteiger partial charge on any atom is 0.231 e. The zero-order chi connectivity index (χ0) is 14.9. The Morgan fingerprint density at radius 3 is 2.83 bits per heavy atom. The first-order chi connectivity index (χ1) is 10.8. The molecule has 4 rings (SSSR count). The van der Waals surface area contributed by atoms with Gasteiger partial charge < -0.3 is 14.8 Å². The van der Waals surface area contributed by atoms with E-state index in [-0.39, 0.29) is 19.2 Å². The van der Waals surface area contributed by atoms with Gasteiger partial charge in [0.1, 0.15) is 12.1 Å². The molecule has 0 fully saturated rings. The first kappa shape index (κ1) is 15.6. The molecule has 0 amide bonds. The van der Waals surface area contributed by atoms with Gasteiger partial charge in [0.25, 0.3) is 0 Å². The number of aromatic nitrogens is 2. The molecule has 1 N–H and O–H groups in total. The number of nitrogens with zero attached hydrogens (tertiary/aromatic N) is 2. The van der Waals surface area contributed by atoms with Crippen LogP contribution in [0.5, 0.6) is 11.5 Å². The van der Waals surface area contributed by atoms with Crippen molar-refractivity contribution in [2.75, 3.05) is 12.1 Å². The standard InChI is InChI=1S/C16H12ClN3O2.ClH/c17-11-2-3-13-12(6-11)16(20-8-19-13)18-7-10-1-4-14-15(5-10)22-9-21-14;/h1-6,8H,7,9H2,(H,18,19,20);1H. The lowest BCUT2D eigenvalue weighted by atomic mass is 10.2. The maximum absolute atomic E-state index is 6.06. The SMILES string of the molecule is Cl.Clc1ccc2ncnc(NCc3ccc4c(c3)OCO4)c2c1. The molecule has 1 aliphatic rings. The number of halogens is 2. The molecule has 0 saturated heterocycles. The number of rotatable bonds is 3. The van der Waals surface area contributed by atoms with Gasteiger partial charge in [-0.3, -0.25) is 0 Å². The van der Waals surface area contributed by atoms with E-state index in [1.165, 1.54) is 6.33 Å². The zero-order valence-corrected chi connectivity index (χ0v) is 13.5. The zero-order valence-electron chi connectivity index (χ0n) is 12.0. The van der Waals surface area contributed by atoms with Gasteiger partial charge in [-0.05, 0) is 35.9 Å². The van der Waals surface area contributed by atoms with Crippen molar-refractivity contribution in [2.24, 2.45) is 0 Å². The van der Waals surface area contributed by atoms with E-state index in [1.807, 2.05) is 36.4 Å². The molecule has 118 valence electrons. The molecule has 0 atom stereocenters. The maximum atomic E-state index is 6.06. The topological polar surface area (TPSA) is 56.3 Å². The number of anilines is 1. The molecule has 5 nitrogen and oxygen atoms in total. The van der Waals surface area contributed by atoms with Gasteiger partial charge in [-0.15, -0.1) is 12.4 Å². The van der Waals surface area contributed by atoms with Gasteiger partial charge in [0.2, 0.25) is 6.79 Å². The van der Waals surface area contributed by atoms with Gasteiger partial charge >= 0.3 is 0 Å². The highest BCUT2D eigenvalue weighted by Crippen LogP contribution is 2.32. The second kappa shape index (κ2) is 6.48. The average molecular weight is 350 g/mol. The van der Waals surface area contributed by atoms with E-state index in [1.54, 1.807) is 0 Å². The summed E-state index contributed by atoms with van der Waals surface area (Å²) in [4.78, 5) is 8.54. The minimum Gasteiger partial charge on any atom is -0.454 e. The minimum absolute atomic E-state index is 0. The number of fused-ring (bicyclic) bond motifs is 2. The molecule has 0 bridgehead atoms. The van der Waals surface area contributed by atoms with Crippen LogP contribution in [-0.2, 0) is 6.54 Å². The lowest BCUT2D eigenvalue weighted by Crippen LogP contribution is -2.02. The van der Waals surface area contributed by atoms with Crippen molar-refractivity contribution in [1.29, 1.82) is 0 Å². The van der Waals surface area contributed by atoms with E-state index < -0.39 is 0 Å². The van der Waals surface area contributed by atoms with Crippen molar-refractivity contribution < 1.29 is 9.47 Å². The van der Waals surface area contributed by atoms with E-state index in [4.69, 9.17) is 21.1 Å². The Hall–Kier alpha value is -2.24. The third kappa shape index (κ3) is 3.11. The van der Waals surface area contributed by atoms with Crippen LogP contribution < -0.4 is 14.8 Å². The van der Waals surface area contributed by atoms with Crippen molar-refractivity contribution in [3.63, 3.8) is 0 Å². The Labute approximate surface area is 144 Å². The summed E-state index contributed by atoms with van der Waals surface area (Å²) < 4.78 is 10.7. The van der Waals surface area contributed by atoms with Crippen LogP contribution in [-0.4, -0.2) is 16.8 Å². The molecule has 7 heteroatoms. The van der Waals surface area contributed by atoms with Gasteiger partial charge in [0, 0.05) is 17.0 Å². The third-order valence-corrected chi connectivity index (χ3v) is 3.73. The van der Waals surface area contributed by atoms with Gasteiger partial charge in [-0.2, -0.15) is 0 Å². The highest BCUT2D eigenvalue weighted by Gasteiger charge is 2.13. The number of nitrogens with one attached hydrogen (secondary N) is 1. The number of ether oxygens (including phenoxy) is 2. The van der Waals surface area contributed by atoms with Crippen LogP contribution in [0.2, 0.25) is 5.02 Å². The summed E-state index contributed by atoms with van der Waals surface area (Å²) in [5.74, 6) is 2.31. The molecule has 3 aromatic rings. The lowest BCUT2D eigenvalue weighted by molar-refractivity contribution is 0.174. The van der Waals surface area contributed by atoms with Gasteiger partial charge in [-0.1, -0.05) is 17.7 Å². The Balaban J connectivity index is 0.00000156. The number of hydrogen-bond acceptors (Lipinski definition) is 5. The summed E-state index contributed by atoms with van der Waals surface area (Å²) in [5, 5.41) is 4.88. The van der Waals surface area contributed by atoms with Gasteiger partial charge in [0.05, 0.1) is 5.52 Å². The Bertz CT molecular complexity index is 858. The van der Waals surface area contributed by atoms with Crippen LogP contribution in [0.1, 0.15) is 5.56 Å². The summed E-state index contributed by atoms with van der Waals surface area (Å²) in [6.45, 7) is 0.899. The van der Waals surface area contributed by atoms with Crippen LogP contribution in [0, 0.1) is 0 Å². The molecule has 0 aliphatic carbocycles. The smallest absolute Gasteiger partial charge is 0.231 e. The predicted octanol–water partition coefficient (Wildman–Crippen LogP) is 4.05. The van der Waals surface area contributed by atoms with Crippen LogP contribution in [0.15, 0.2) is 42.7 Å². The van der Waals surface area contributed by atoms with Crippen molar-refractivity contribution in [1.82, 2.24) is 9.97 Å². The largest absolute Gasteiger partial charge is 0.454 e. The quantitative estimate of drug-likeness (QED) is 0.772. The molecule has 23 heavy (non-hydrogen) atoms. The Morgan fingerprint density at radius 1 is 1.04 bits per heavy atom. The Kier molecular flexibility index (Phi) is 4.41. The summed E-state index contributed by atoms with van der Waals surface area (Å²) in [6, 6.07) is 11.4. The number of hydrogen-bond donors (Lipinski definition) is 1. The average Bonchev–Trinajstić information content (AvgIpc) is 3.00. The van der Waals surface area contributed by atoms with E-state index in [2.05, 4.69) is 15.3 Å². The van der Waals surface area contributed by atoms with Crippen LogP contribution in [0.25, 0.3) is 10.9 Å². The normalized spacial score (nSPS) is 12.0. The molecule has 2 heterocycles. The van der Waals surface area contributed by atoms with Crippen molar-refractivity contribution >= 4 is 40.7 Å². The highest BCUT2D eigenvalue weighted by atomic mass is 35.5. The fourth-order valence-electron chi connectivity index (χ4n) is 2.41. The van der Waals surface area contributed by atoms with E-state index in [0.29, 0.717) is 11.6 Å². The first-order valence-corrected chi connectivity index (χ1v) is 7.20. The van der Waals surface area contributed by atoms with Crippen molar-refractivity contribution in [3.8, 4) is 11.5 Å². The van der Waals surface area contributed by atoms with Crippen LogP contribution in [0.4, 0.5) is 5.82 Å². The minimum atomic E-state index is 0. The van der Waals surface area contributed by atoms with E-state index in [0.717, 1.165) is 33.8 Å². The molecular weight excluding hydrogens is 337 g/mol. The fraction of sp³-hybridized carbons (Fsp3) is 0.125. The molecule has 1 aliphatic heterocycles. The summed E-state index contributed by atoms with van der Waals surface area (Å²) in [7, 11) is 0. The van der Waals surface area contributed by atoms with Crippen LogP contribution in [0.3, 0.4) is 0 Å². The third-order valence-electron chi connectivity index (χ3n) is 3.49. The fourth-order valence-corrected chi connectivity index (χ4v) is 2.58. The molecule has 0 radical (unpaired) electrons. The molecule has 0 spiro atoms. The van der Waals surface area contributed by atoms with E-state index >= 15 is 0 Å². The highest BCUT2D eigenvalue weighted by molar-refractivity contribution is 6.31. The van der Waals surface area contributed by atoms with Crippen molar-refractivity contribution in [3.05, 3.63) is 53.3 Å². The molecule has 2 aromatic carbocycles. The molecule has 0 saturated carbocycles. The lowest BCUT2D eigenvalue weighted by Gasteiger charge is -2.09. The second-order valence-corrected chi connectivity index (χ2v) is 5.36. The van der Waals surface area contributed by atoms with Crippen LogP contribution >= 0.6 is 24.0 Å². The summed E-state index contributed by atoms with van der Waals surface area (Å²) >= 11 is 6.06. The van der Waals surface area contributed by atoms with E-state index in [9.17, 15) is 0 Å². The second-order valence-electron chi connectivity index (χ2n) is 4.92. The molecular formula is C16H13Cl2N3O2. The summed E-state index contributed by atoms with van der Waals surface area (Å²) in [5.41, 5.74) is 1.94. The van der Waals surface area contributed by atoms with Gasteiger partial charge in [-0.25, -0.2) is 9.97 Å². The van der Waals surface area contributed by atoms with Gasteiger partial charge in [0.15, 0.2) is 11.5 Å². The Morgan fingerprint density at radius 2 is 1.91 bits per heavy atom. The number of benzene rings is 2. The molecule has 0 unspecified atom stereocenters. The monoisotopic (exact) mass is 349 g/mol. The molecule has 1 aromatic heterocycles. The summed E-state index contributed by atoms with van der Waals surface area (Å²) in [6.07, 6.45) is 1.54.